The Kier molecular flexibility index (Phi) is 4.41. The highest BCUT2D eigenvalue weighted by Gasteiger charge is 2.48. The number of nitrogens with zero attached hydrogens (tertiary/aromatic N) is 1. The third-order valence-electron chi connectivity index (χ3n) is 2.77. The molecular formula is C11H19F2NO2S. The molecule has 1 aliphatic heterocycles. The summed E-state index contributed by atoms with van der Waals surface area (Å²) in [5.74, 6) is -3.14. The number of halogens is 2. The van der Waals surface area contributed by atoms with E-state index in [4.69, 9.17) is 5.11 Å². The molecule has 1 heterocycles. The van der Waals surface area contributed by atoms with Crippen molar-refractivity contribution in [3.63, 3.8) is 0 Å². The minimum atomic E-state index is -2.65. The molecule has 0 bridgehead atoms. The molecule has 17 heavy (non-hydrogen) atoms. The summed E-state index contributed by atoms with van der Waals surface area (Å²) in [7, 11) is 0. The first-order valence-electron chi connectivity index (χ1n) is 5.56. The van der Waals surface area contributed by atoms with Crippen LogP contribution in [0.25, 0.3) is 0 Å². The van der Waals surface area contributed by atoms with Crippen LogP contribution in [0.4, 0.5) is 8.78 Å². The van der Waals surface area contributed by atoms with E-state index in [1.165, 1.54) is 11.8 Å². The molecule has 100 valence electrons. The van der Waals surface area contributed by atoms with Crippen LogP contribution in [0.1, 0.15) is 27.2 Å². The molecule has 0 spiro atoms. The van der Waals surface area contributed by atoms with Crippen molar-refractivity contribution in [2.24, 2.45) is 0 Å². The molecule has 6 heteroatoms. The molecule has 1 N–H and O–H groups in total. The molecule has 0 aromatic rings. The molecule has 0 aliphatic carbocycles. The lowest BCUT2D eigenvalue weighted by Crippen LogP contribution is -2.46. The van der Waals surface area contributed by atoms with Crippen LogP contribution in [0.2, 0.25) is 0 Å². The molecule has 0 aromatic carbocycles. The molecule has 1 saturated heterocycles. The van der Waals surface area contributed by atoms with Crippen LogP contribution in [0.15, 0.2) is 0 Å². The smallest absolute Gasteiger partial charge is 0.313 e. The second kappa shape index (κ2) is 5.10. The monoisotopic (exact) mass is 267 g/mol. The van der Waals surface area contributed by atoms with Gasteiger partial charge in [0.1, 0.15) is 0 Å². The van der Waals surface area contributed by atoms with Crippen molar-refractivity contribution in [3.8, 4) is 0 Å². The maximum Gasteiger partial charge on any atom is 0.313 e. The van der Waals surface area contributed by atoms with E-state index in [9.17, 15) is 13.6 Å². The Bertz CT molecular complexity index is 292. The zero-order valence-corrected chi connectivity index (χ0v) is 11.2. The van der Waals surface area contributed by atoms with Gasteiger partial charge in [0, 0.05) is 23.8 Å². The van der Waals surface area contributed by atoms with Crippen LogP contribution in [0, 0.1) is 0 Å². The second-order valence-electron chi connectivity index (χ2n) is 5.42. The normalized spacial score (nSPS) is 25.1. The topological polar surface area (TPSA) is 40.5 Å². The molecule has 0 aromatic heterocycles. The van der Waals surface area contributed by atoms with Crippen molar-refractivity contribution in [2.75, 3.05) is 18.1 Å². The van der Waals surface area contributed by atoms with Gasteiger partial charge in [-0.2, -0.15) is 0 Å². The standard InChI is InChI=1S/C11H19F2NO2S/c1-10(2,3)14-7-11(12,13)4-8(14)5-17-6-9(15)16/h8H,4-7H2,1-3H3,(H,15,16). The first-order chi connectivity index (χ1) is 7.62. The van der Waals surface area contributed by atoms with Crippen molar-refractivity contribution in [3.05, 3.63) is 0 Å². The van der Waals surface area contributed by atoms with E-state index in [-0.39, 0.29) is 30.3 Å². The largest absolute Gasteiger partial charge is 0.481 e. The zero-order valence-electron chi connectivity index (χ0n) is 10.4. The third kappa shape index (κ3) is 4.43. The van der Waals surface area contributed by atoms with E-state index in [1.54, 1.807) is 4.90 Å². The quantitative estimate of drug-likeness (QED) is 0.848. The van der Waals surface area contributed by atoms with Gasteiger partial charge in [-0.15, -0.1) is 11.8 Å². The van der Waals surface area contributed by atoms with Gasteiger partial charge in [-0.25, -0.2) is 8.78 Å². The summed E-state index contributed by atoms with van der Waals surface area (Å²) < 4.78 is 26.8. The summed E-state index contributed by atoms with van der Waals surface area (Å²) in [4.78, 5) is 12.2. The average molecular weight is 267 g/mol. The van der Waals surface area contributed by atoms with Crippen molar-refractivity contribution < 1.29 is 18.7 Å². The van der Waals surface area contributed by atoms with Crippen LogP contribution < -0.4 is 0 Å². The molecule has 1 aliphatic rings. The van der Waals surface area contributed by atoms with Crippen molar-refractivity contribution in [2.45, 2.75) is 44.7 Å². The summed E-state index contributed by atoms with van der Waals surface area (Å²) in [5.41, 5.74) is -0.311. The highest BCUT2D eigenvalue weighted by atomic mass is 32.2. The number of likely N-dealkylation sites (tertiary alicyclic amines) is 1. The predicted octanol–water partition coefficient (Wildman–Crippen LogP) is 2.31. The number of hydrogen-bond acceptors (Lipinski definition) is 3. The van der Waals surface area contributed by atoms with Gasteiger partial charge in [-0.1, -0.05) is 0 Å². The fraction of sp³-hybridized carbons (Fsp3) is 0.909. The highest BCUT2D eigenvalue weighted by molar-refractivity contribution is 7.99. The van der Waals surface area contributed by atoms with E-state index in [2.05, 4.69) is 0 Å². The van der Waals surface area contributed by atoms with Crippen molar-refractivity contribution >= 4 is 17.7 Å². The van der Waals surface area contributed by atoms with E-state index < -0.39 is 11.9 Å². The Hall–Kier alpha value is -0.360. The first-order valence-corrected chi connectivity index (χ1v) is 6.71. The van der Waals surface area contributed by atoms with Crippen LogP contribution in [-0.2, 0) is 4.79 Å². The Labute approximate surface area is 105 Å². The molecule has 3 nitrogen and oxygen atoms in total. The van der Waals surface area contributed by atoms with E-state index in [1.807, 2.05) is 20.8 Å². The Morgan fingerprint density at radius 2 is 2.12 bits per heavy atom. The highest BCUT2D eigenvalue weighted by Crippen LogP contribution is 2.37. The lowest BCUT2D eigenvalue weighted by Gasteiger charge is -2.36. The summed E-state index contributed by atoms with van der Waals surface area (Å²) in [5, 5.41) is 8.53. The van der Waals surface area contributed by atoms with Gasteiger partial charge in [-0.05, 0) is 20.8 Å². The van der Waals surface area contributed by atoms with Gasteiger partial charge in [0.25, 0.3) is 5.92 Å². The minimum Gasteiger partial charge on any atom is -0.481 e. The third-order valence-corrected chi connectivity index (χ3v) is 3.85. The maximum atomic E-state index is 13.4. The summed E-state index contributed by atoms with van der Waals surface area (Å²) in [6.45, 7) is 5.49. The van der Waals surface area contributed by atoms with Crippen molar-refractivity contribution in [1.29, 1.82) is 0 Å². The van der Waals surface area contributed by atoms with E-state index >= 15 is 0 Å². The molecule has 1 rings (SSSR count). The van der Waals surface area contributed by atoms with E-state index in [0.29, 0.717) is 5.75 Å². The summed E-state index contributed by atoms with van der Waals surface area (Å²) >= 11 is 1.20. The molecule has 1 atom stereocenters. The zero-order chi connectivity index (χ0) is 13.3. The van der Waals surface area contributed by atoms with Gasteiger partial charge in [0.15, 0.2) is 0 Å². The second-order valence-corrected chi connectivity index (χ2v) is 6.45. The first kappa shape index (κ1) is 14.7. The number of carboxylic acid groups (broad SMARTS) is 1. The number of alkyl halides is 2. The fourth-order valence-electron chi connectivity index (χ4n) is 2.11. The molecule has 1 unspecified atom stereocenters. The molecule has 1 fully saturated rings. The average Bonchev–Trinajstić information content (AvgIpc) is 2.40. The van der Waals surface area contributed by atoms with Gasteiger partial charge < -0.3 is 5.11 Å². The number of hydrogen-bond donors (Lipinski definition) is 1. The number of carbonyl (C=O) groups is 1. The lowest BCUT2D eigenvalue weighted by atomic mass is 10.1. The maximum absolute atomic E-state index is 13.4. The van der Waals surface area contributed by atoms with Gasteiger partial charge in [0.2, 0.25) is 0 Å². The van der Waals surface area contributed by atoms with E-state index in [0.717, 1.165) is 0 Å². The van der Waals surface area contributed by atoms with Gasteiger partial charge >= 0.3 is 5.97 Å². The molecule has 0 radical (unpaired) electrons. The number of rotatable bonds is 4. The summed E-state index contributed by atoms with van der Waals surface area (Å²) in [6.07, 6.45) is -0.170. The Morgan fingerprint density at radius 1 is 1.53 bits per heavy atom. The minimum absolute atomic E-state index is 0.0277. The van der Waals surface area contributed by atoms with Crippen LogP contribution in [-0.4, -0.2) is 51.5 Å². The van der Waals surface area contributed by atoms with Gasteiger partial charge in [0.05, 0.1) is 12.3 Å². The van der Waals surface area contributed by atoms with Crippen LogP contribution >= 0.6 is 11.8 Å². The Balaban J connectivity index is 2.58. The Morgan fingerprint density at radius 3 is 2.59 bits per heavy atom. The predicted molar refractivity (Wildman–Crippen MR) is 64.8 cm³/mol. The van der Waals surface area contributed by atoms with Gasteiger partial charge in [-0.3, -0.25) is 9.69 Å². The van der Waals surface area contributed by atoms with Crippen LogP contribution in [0.5, 0.6) is 0 Å². The summed E-state index contributed by atoms with van der Waals surface area (Å²) in [6, 6.07) is -0.241. The van der Waals surface area contributed by atoms with Crippen molar-refractivity contribution in [1.82, 2.24) is 4.90 Å². The number of thioether (sulfide) groups is 1. The lowest BCUT2D eigenvalue weighted by molar-refractivity contribution is -0.133. The number of carboxylic acids is 1. The fourth-order valence-corrected chi connectivity index (χ4v) is 2.98. The molecular weight excluding hydrogens is 248 g/mol. The molecule has 0 amide bonds. The SMILES string of the molecule is CC(C)(C)N1CC(F)(F)CC1CSCC(=O)O. The number of aliphatic carboxylic acids is 1. The molecule has 0 saturated carbocycles. The van der Waals surface area contributed by atoms with Crippen LogP contribution in [0.3, 0.4) is 0 Å².